The summed E-state index contributed by atoms with van der Waals surface area (Å²) in [7, 11) is 1.67. The van der Waals surface area contributed by atoms with Gasteiger partial charge in [0, 0.05) is 22.9 Å². The molecule has 0 saturated heterocycles. The maximum atomic E-state index is 12.6. The van der Waals surface area contributed by atoms with Crippen molar-refractivity contribution in [2.75, 3.05) is 7.11 Å². The van der Waals surface area contributed by atoms with E-state index in [4.69, 9.17) is 4.74 Å². The van der Waals surface area contributed by atoms with Crippen molar-refractivity contribution in [3.63, 3.8) is 0 Å². The van der Waals surface area contributed by atoms with Crippen molar-refractivity contribution < 1.29 is 9.53 Å². The van der Waals surface area contributed by atoms with E-state index in [1.54, 1.807) is 13.3 Å². The van der Waals surface area contributed by atoms with Crippen LogP contribution in [0.1, 0.15) is 55.3 Å². The first kappa shape index (κ1) is 16.7. The molecule has 4 aliphatic carbocycles. The molecule has 4 aliphatic rings. The Balaban J connectivity index is 1.39. The van der Waals surface area contributed by atoms with Crippen molar-refractivity contribution in [3.8, 4) is 5.75 Å². The van der Waals surface area contributed by atoms with E-state index >= 15 is 0 Å². The second-order valence-electron chi connectivity index (χ2n) is 8.55. The number of ether oxygens (including phenoxy) is 1. The molecule has 0 unspecified atom stereocenters. The second kappa shape index (κ2) is 6.19. The summed E-state index contributed by atoms with van der Waals surface area (Å²) in [6, 6.07) is -0.0531. The smallest absolute Gasteiger partial charge is 0.315 e. The first-order valence-corrected chi connectivity index (χ1v) is 9.53. The highest BCUT2D eigenvalue weighted by molar-refractivity contribution is 5.75. The van der Waals surface area contributed by atoms with Gasteiger partial charge in [-0.15, -0.1) is 0 Å². The van der Waals surface area contributed by atoms with Gasteiger partial charge >= 0.3 is 6.03 Å². The normalized spacial score (nSPS) is 32.5. The van der Waals surface area contributed by atoms with Gasteiger partial charge in [0.25, 0.3) is 0 Å². The molecular formula is C20H29N3O2. The van der Waals surface area contributed by atoms with Crippen molar-refractivity contribution in [2.45, 2.75) is 64.5 Å². The molecule has 1 aromatic rings. The van der Waals surface area contributed by atoms with Crippen molar-refractivity contribution >= 4 is 6.03 Å². The summed E-state index contributed by atoms with van der Waals surface area (Å²) in [4.78, 5) is 17.0. The Kier molecular flexibility index (Phi) is 4.13. The second-order valence-corrected chi connectivity index (χ2v) is 8.55. The number of methoxy groups -OCH3 is 1. The zero-order valence-electron chi connectivity index (χ0n) is 15.5. The van der Waals surface area contributed by atoms with E-state index in [0.717, 1.165) is 40.3 Å². The minimum absolute atomic E-state index is 0.0479. The summed E-state index contributed by atoms with van der Waals surface area (Å²) >= 11 is 0. The Hall–Kier alpha value is -1.78. The van der Waals surface area contributed by atoms with Gasteiger partial charge in [-0.25, -0.2) is 4.79 Å². The lowest BCUT2D eigenvalue weighted by Gasteiger charge is -2.56. The van der Waals surface area contributed by atoms with Gasteiger partial charge in [-0.05, 0) is 70.1 Å². The molecule has 25 heavy (non-hydrogen) atoms. The molecular weight excluding hydrogens is 314 g/mol. The zero-order valence-corrected chi connectivity index (χ0v) is 15.5. The van der Waals surface area contributed by atoms with Crippen LogP contribution in [0.2, 0.25) is 0 Å². The van der Waals surface area contributed by atoms with Crippen molar-refractivity contribution in [1.29, 1.82) is 0 Å². The van der Waals surface area contributed by atoms with Crippen LogP contribution in [0.5, 0.6) is 5.75 Å². The quantitative estimate of drug-likeness (QED) is 0.880. The highest BCUT2D eigenvalue weighted by atomic mass is 16.5. The van der Waals surface area contributed by atoms with Crippen LogP contribution in [0.4, 0.5) is 4.79 Å². The summed E-state index contributed by atoms with van der Waals surface area (Å²) in [5.41, 5.74) is 2.93. The van der Waals surface area contributed by atoms with Gasteiger partial charge in [-0.2, -0.15) is 0 Å². The lowest BCUT2D eigenvalue weighted by atomic mass is 9.53. The molecule has 0 radical (unpaired) electrons. The molecule has 2 amide bonds. The zero-order chi connectivity index (χ0) is 17.6. The number of urea groups is 1. The van der Waals surface area contributed by atoms with Crippen molar-refractivity contribution in [1.82, 2.24) is 15.6 Å². The first-order chi connectivity index (χ1) is 12.0. The van der Waals surface area contributed by atoms with Gasteiger partial charge in [0.1, 0.15) is 5.75 Å². The van der Waals surface area contributed by atoms with Crippen LogP contribution in [-0.4, -0.2) is 23.7 Å². The van der Waals surface area contributed by atoms with E-state index in [2.05, 4.69) is 15.6 Å². The largest absolute Gasteiger partial charge is 0.496 e. The molecule has 5 rings (SSSR count). The number of carbonyl (C=O) groups excluding carboxylic acids is 1. The molecule has 5 heteroatoms. The molecule has 136 valence electrons. The maximum Gasteiger partial charge on any atom is 0.315 e. The van der Waals surface area contributed by atoms with Crippen LogP contribution >= 0.6 is 0 Å². The Bertz CT molecular complexity index is 650. The van der Waals surface area contributed by atoms with Crippen LogP contribution in [0.3, 0.4) is 0 Å². The van der Waals surface area contributed by atoms with Gasteiger partial charge in [0.2, 0.25) is 0 Å². The molecule has 0 aromatic carbocycles. The number of aromatic nitrogens is 1. The Morgan fingerprint density at radius 1 is 1.20 bits per heavy atom. The Morgan fingerprint density at radius 3 is 2.36 bits per heavy atom. The highest BCUT2D eigenvalue weighted by Gasteiger charge is 2.51. The number of amides is 2. The van der Waals surface area contributed by atoms with Crippen molar-refractivity contribution in [2.24, 2.45) is 17.8 Å². The highest BCUT2D eigenvalue weighted by Crippen LogP contribution is 2.55. The summed E-state index contributed by atoms with van der Waals surface area (Å²) in [6.07, 6.45) is 9.46. The lowest BCUT2D eigenvalue weighted by molar-refractivity contribution is -0.0135. The van der Waals surface area contributed by atoms with E-state index in [1.807, 2.05) is 13.8 Å². The first-order valence-electron chi connectivity index (χ1n) is 9.53. The van der Waals surface area contributed by atoms with Gasteiger partial charge < -0.3 is 15.4 Å². The van der Waals surface area contributed by atoms with Gasteiger partial charge in [-0.1, -0.05) is 0 Å². The summed E-state index contributed by atoms with van der Waals surface area (Å²) in [5.74, 6) is 3.35. The molecule has 4 saturated carbocycles. The van der Waals surface area contributed by atoms with Crippen LogP contribution in [0, 0.1) is 31.6 Å². The number of aryl methyl sites for hydroxylation is 1. The summed E-state index contributed by atoms with van der Waals surface area (Å²) in [5, 5.41) is 6.36. The van der Waals surface area contributed by atoms with E-state index in [-0.39, 0.29) is 11.6 Å². The van der Waals surface area contributed by atoms with Crippen LogP contribution < -0.4 is 15.4 Å². The SMILES string of the molecule is COc1c(C)cnc(CNC(=O)NC23CC4CC(CC(C4)C2)C3)c1C. The molecule has 5 nitrogen and oxygen atoms in total. The fourth-order valence-electron chi connectivity index (χ4n) is 5.96. The molecule has 0 aliphatic heterocycles. The number of carbonyl (C=O) groups is 1. The predicted octanol–water partition coefficient (Wildman–Crippen LogP) is 3.48. The minimum Gasteiger partial charge on any atom is -0.496 e. The van der Waals surface area contributed by atoms with Crippen LogP contribution in [-0.2, 0) is 6.54 Å². The number of hydrogen-bond acceptors (Lipinski definition) is 3. The predicted molar refractivity (Wildman–Crippen MR) is 96.5 cm³/mol. The van der Waals surface area contributed by atoms with Gasteiger partial charge in [-0.3, -0.25) is 4.98 Å². The number of nitrogens with zero attached hydrogens (tertiary/aromatic N) is 1. The minimum atomic E-state index is -0.0531. The number of rotatable bonds is 4. The fraction of sp³-hybridized carbons (Fsp3) is 0.700. The summed E-state index contributed by atoms with van der Waals surface area (Å²) in [6.45, 7) is 4.41. The maximum absolute atomic E-state index is 12.6. The van der Waals surface area contributed by atoms with Crippen molar-refractivity contribution in [3.05, 3.63) is 23.0 Å². The number of pyridine rings is 1. The van der Waals surface area contributed by atoms with E-state index < -0.39 is 0 Å². The molecule has 1 aromatic heterocycles. The van der Waals surface area contributed by atoms with Crippen LogP contribution in [0.15, 0.2) is 6.20 Å². The van der Waals surface area contributed by atoms with E-state index in [9.17, 15) is 4.79 Å². The third-order valence-corrected chi connectivity index (χ3v) is 6.58. The monoisotopic (exact) mass is 343 g/mol. The third-order valence-electron chi connectivity index (χ3n) is 6.58. The molecule has 1 heterocycles. The lowest BCUT2D eigenvalue weighted by Crippen LogP contribution is -2.61. The van der Waals surface area contributed by atoms with Gasteiger partial charge in [0.05, 0.1) is 19.3 Å². The number of hydrogen-bond donors (Lipinski definition) is 2. The summed E-state index contributed by atoms with van der Waals surface area (Å²) < 4.78 is 5.45. The standard InChI is InChI=1S/C20H29N3O2/c1-12-10-21-17(13(2)18(12)25-3)11-22-19(24)23-20-7-14-4-15(8-20)6-16(5-14)9-20/h10,14-16H,4-9,11H2,1-3H3,(H2,22,23,24). The molecule has 4 fully saturated rings. The molecule has 2 N–H and O–H groups in total. The molecule has 0 spiro atoms. The van der Waals surface area contributed by atoms with E-state index in [0.29, 0.717) is 6.54 Å². The Morgan fingerprint density at radius 2 is 1.80 bits per heavy atom. The number of nitrogens with one attached hydrogen (secondary N) is 2. The third kappa shape index (κ3) is 3.09. The fourth-order valence-corrected chi connectivity index (χ4v) is 5.96. The topological polar surface area (TPSA) is 63.2 Å². The average molecular weight is 343 g/mol. The van der Waals surface area contributed by atoms with E-state index in [1.165, 1.54) is 38.5 Å². The average Bonchev–Trinajstić information content (AvgIpc) is 2.52. The molecule has 4 bridgehead atoms. The van der Waals surface area contributed by atoms with Crippen LogP contribution in [0.25, 0.3) is 0 Å². The Labute approximate surface area is 149 Å². The van der Waals surface area contributed by atoms with Gasteiger partial charge in [0.15, 0.2) is 0 Å². The molecule has 0 atom stereocenters.